The Morgan fingerprint density at radius 1 is 0.554 bits per heavy atom. The summed E-state index contributed by atoms with van der Waals surface area (Å²) >= 11 is 0.470. The fraction of sp³-hybridized carbons (Fsp3) is 0.0652. The number of hydrogen-bond donors (Lipinski definition) is 2. The van der Waals surface area contributed by atoms with Crippen LogP contribution in [0.5, 0.6) is 34.5 Å². The minimum Gasteiger partial charge on any atom is -0.497 e. The normalized spacial score (nSPS) is 11.8. The molecule has 0 saturated carbocycles. The molecule has 0 unspecified atom stereocenters. The Hall–Kier alpha value is -6.55. The highest BCUT2D eigenvalue weighted by Gasteiger charge is 2.26. The first-order valence-corrected chi connectivity index (χ1v) is 24.1. The van der Waals surface area contributed by atoms with E-state index in [2.05, 4.69) is 9.37 Å². The lowest BCUT2D eigenvalue weighted by Gasteiger charge is -2.14. The van der Waals surface area contributed by atoms with Gasteiger partial charge in [-0.15, -0.1) is 4.33 Å². The van der Waals surface area contributed by atoms with Crippen LogP contribution in [0, 0.1) is 6.92 Å². The van der Waals surface area contributed by atoms with Crippen LogP contribution in [-0.4, -0.2) is 48.0 Å². The molecule has 0 fully saturated rings. The minimum atomic E-state index is -4.97. The van der Waals surface area contributed by atoms with Crippen LogP contribution in [-0.2, 0) is 45.8 Å². The van der Waals surface area contributed by atoms with Crippen molar-refractivity contribution in [2.45, 2.75) is 42.9 Å². The third kappa shape index (κ3) is 11.0. The largest absolute Gasteiger partial charge is 0.497 e. The Morgan fingerprint density at radius 3 is 1.58 bits per heavy atom. The molecule has 0 bridgehead atoms. The summed E-state index contributed by atoms with van der Waals surface area (Å²) in [6, 6.07) is 38.3. The number of sulfone groups is 2. The number of aryl methyl sites for hydroxylation is 1. The molecule has 0 aliphatic heterocycles. The van der Waals surface area contributed by atoms with E-state index in [4.69, 9.17) is 24.2 Å². The number of carbonyl (C=O) groups excluding carboxylic acids is 1. The molecule has 0 aliphatic rings. The maximum absolute atomic E-state index is 13.8. The fourth-order valence-electron chi connectivity index (χ4n) is 6.18. The predicted molar refractivity (Wildman–Crippen MR) is 236 cm³/mol. The van der Waals surface area contributed by atoms with E-state index in [0.717, 1.165) is 23.8 Å². The van der Waals surface area contributed by atoms with Crippen LogP contribution in [0.25, 0.3) is 0 Å². The van der Waals surface area contributed by atoms with Crippen LogP contribution in [0.4, 0.5) is 0 Å². The van der Waals surface area contributed by atoms with E-state index in [0.29, 0.717) is 51.7 Å². The molecule has 7 aromatic rings. The van der Waals surface area contributed by atoms with E-state index in [1.807, 2.05) is 6.92 Å². The Labute approximate surface area is 378 Å². The monoisotopic (exact) mass is 956 g/mol. The second-order valence-corrected chi connectivity index (χ2v) is 19.9. The number of carbonyl (C=O) groups is 1. The summed E-state index contributed by atoms with van der Waals surface area (Å²) < 4.78 is 115. The van der Waals surface area contributed by atoms with Crippen molar-refractivity contribution >= 4 is 47.6 Å². The topological polar surface area (TPSA) is 215 Å². The van der Waals surface area contributed by atoms with Crippen LogP contribution >= 0.6 is 12.0 Å². The van der Waals surface area contributed by atoms with Gasteiger partial charge in [-0.25, -0.2) is 22.1 Å². The molecule has 7 rings (SSSR count). The number of ether oxygens (including phenoxy) is 4. The molecule has 19 heteroatoms. The van der Waals surface area contributed by atoms with Gasteiger partial charge in [-0.3, -0.25) is 9.35 Å². The van der Waals surface area contributed by atoms with Crippen molar-refractivity contribution < 1.29 is 68.2 Å². The molecule has 7 aromatic carbocycles. The summed E-state index contributed by atoms with van der Waals surface area (Å²) in [5.74, 6) is 1.26. The molecular formula is C46H36O15S4. The highest BCUT2D eigenvalue weighted by atomic mass is 32.2. The lowest BCUT2D eigenvalue weighted by molar-refractivity contribution is -0.432. The van der Waals surface area contributed by atoms with Gasteiger partial charge in [0, 0.05) is 21.6 Å². The molecule has 65 heavy (non-hydrogen) atoms. The van der Waals surface area contributed by atoms with Gasteiger partial charge in [-0.1, -0.05) is 28.8 Å². The Bertz CT molecular complexity index is 3160. The third-order valence-corrected chi connectivity index (χ3v) is 14.7. The average molecular weight is 957 g/mol. The van der Waals surface area contributed by atoms with Crippen molar-refractivity contribution in [3.63, 3.8) is 0 Å². The van der Waals surface area contributed by atoms with Gasteiger partial charge in [-0.05, 0) is 146 Å². The first-order valence-electron chi connectivity index (χ1n) is 19.0. The number of hydrogen-bond acceptors (Lipinski definition) is 15. The van der Waals surface area contributed by atoms with Gasteiger partial charge in [0.15, 0.2) is 5.78 Å². The first kappa shape index (κ1) is 46.4. The summed E-state index contributed by atoms with van der Waals surface area (Å²) in [6.45, 7) is 1.74. The van der Waals surface area contributed by atoms with Gasteiger partial charge in [0.25, 0.3) is 10.1 Å². The second kappa shape index (κ2) is 19.7. The second-order valence-electron chi connectivity index (χ2n) is 13.9. The molecule has 0 saturated heterocycles. The quantitative estimate of drug-likeness (QED) is 0.0269. The zero-order valence-corrected chi connectivity index (χ0v) is 37.3. The van der Waals surface area contributed by atoms with Crippen LogP contribution in [0.1, 0.15) is 27.0 Å². The standard InChI is InChI=1S/C46H36O15S4/c1-30-3-20-39(21-4-30)63(49,50)40-23-18-37(19-24-40)58-36-12-7-32(8-13-36)46(47)31-5-10-35(11-6-31)57-29-33-9-22-41(27-44(33)62-61-60-48)64(51,52)42-25-26-43(45(28-42)65(53,54)55)59-38-16-14-34(56-2)15-17-38/h3-28,48H,29H2,1-2H3,(H,53,54,55). The maximum atomic E-state index is 13.8. The van der Waals surface area contributed by atoms with Crippen molar-refractivity contribution in [3.05, 3.63) is 180 Å². The van der Waals surface area contributed by atoms with E-state index < -0.39 is 39.6 Å². The Balaban J connectivity index is 0.998. The van der Waals surface area contributed by atoms with E-state index in [1.165, 1.54) is 49.6 Å². The molecule has 0 heterocycles. The van der Waals surface area contributed by atoms with Crippen molar-refractivity contribution in [1.29, 1.82) is 0 Å². The van der Waals surface area contributed by atoms with Gasteiger partial charge in [-0.2, -0.15) is 8.42 Å². The van der Waals surface area contributed by atoms with Gasteiger partial charge in [0.2, 0.25) is 19.7 Å². The molecule has 0 aliphatic carbocycles. The Morgan fingerprint density at radius 2 is 1.02 bits per heavy atom. The van der Waals surface area contributed by atoms with Crippen molar-refractivity contribution in [2.24, 2.45) is 0 Å². The summed E-state index contributed by atoms with van der Waals surface area (Å²) in [6.07, 6.45) is 0. The number of benzene rings is 7. The summed E-state index contributed by atoms with van der Waals surface area (Å²) in [5, 5.41) is 12.6. The van der Waals surface area contributed by atoms with Gasteiger partial charge < -0.3 is 18.9 Å². The summed E-state index contributed by atoms with van der Waals surface area (Å²) in [7, 11) is -11.6. The molecule has 0 aromatic heterocycles. The molecule has 15 nitrogen and oxygen atoms in total. The highest BCUT2D eigenvalue weighted by Crippen LogP contribution is 2.36. The van der Waals surface area contributed by atoms with Crippen molar-refractivity contribution in [3.8, 4) is 34.5 Å². The average Bonchev–Trinajstić information content (AvgIpc) is 3.30. The number of rotatable bonds is 18. The zero-order chi connectivity index (χ0) is 46.4. The summed E-state index contributed by atoms with van der Waals surface area (Å²) in [5.41, 5.74) is 2.07. The molecule has 0 spiro atoms. The first-order chi connectivity index (χ1) is 31.0. The van der Waals surface area contributed by atoms with Crippen molar-refractivity contribution in [2.75, 3.05) is 7.11 Å². The van der Waals surface area contributed by atoms with E-state index in [-0.39, 0.29) is 43.5 Å². The fourth-order valence-corrected chi connectivity index (χ4v) is 10.1. The molecule has 0 atom stereocenters. The predicted octanol–water partition coefficient (Wildman–Crippen LogP) is 9.74. The van der Waals surface area contributed by atoms with Crippen LogP contribution in [0.2, 0.25) is 0 Å². The van der Waals surface area contributed by atoms with Crippen LogP contribution in [0.3, 0.4) is 0 Å². The van der Waals surface area contributed by atoms with Gasteiger partial charge in [0.1, 0.15) is 46.0 Å². The minimum absolute atomic E-state index is 0.125. The lowest BCUT2D eigenvalue weighted by atomic mass is 10.0. The number of methoxy groups -OCH3 is 1. The van der Waals surface area contributed by atoms with E-state index in [9.17, 15) is 34.6 Å². The third-order valence-electron chi connectivity index (χ3n) is 9.62. The maximum Gasteiger partial charge on any atom is 0.298 e. The number of ketones is 1. The molecule has 0 amide bonds. The summed E-state index contributed by atoms with van der Waals surface area (Å²) in [4.78, 5) is 12.2. The lowest BCUT2D eigenvalue weighted by Crippen LogP contribution is -2.07. The molecule has 2 N–H and O–H groups in total. The van der Waals surface area contributed by atoms with Crippen LogP contribution < -0.4 is 18.9 Å². The molecule has 334 valence electrons. The molecule has 0 radical (unpaired) electrons. The SMILES string of the molecule is COc1ccc(Oc2ccc(S(=O)(=O)c3ccc(COc4ccc(C(=O)c5ccc(Oc6ccc(S(=O)(=O)c7ccc(C)cc7)cc6)cc5)cc4)c(SOOO)c3)cc2S(=O)(=O)O)cc1. The van der Waals surface area contributed by atoms with Crippen molar-refractivity contribution in [1.82, 2.24) is 0 Å². The highest BCUT2D eigenvalue weighted by molar-refractivity contribution is 7.94. The van der Waals surface area contributed by atoms with Gasteiger partial charge >= 0.3 is 0 Å². The van der Waals surface area contributed by atoms with E-state index >= 15 is 0 Å². The Kier molecular flexibility index (Phi) is 14.1. The zero-order valence-electron chi connectivity index (χ0n) is 34.1. The van der Waals surface area contributed by atoms with E-state index in [1.54, 1.807) is 97.1 Å². The smallest absolute Gasteiger partial charge is 0.298 e. The molecular weight excluding hydrogens is 921 g/mol. The van der Waals surface area contributed by atoms with Gasteiger partial charge in [0.05, 0.1) is 38.7 Å². The van der Waals surface area contributed by atoms with Crippen LogP contribution in [0.15, 0.2) is 187 Å².